The molecule has 11 aromatic carbocycles. The van der Waals surface area contributed by atoms with Gasteiger partial charge in [-0.15, -0.1) is 0 Å². The van der Waals surface area contributed by atoms with E-state index in [-0.39, 0.29) is 0 Å². The minimum atomic E-state index is -0.713. The maximum atomic E-state index is 2.49. The van der Waals surface area contributed by atoms with Gasteiger partial charge in [-0.1, -0.05) is 231 Å². The summed E-state index contributed by atoms with van der Waals surface area (Å²) in [6.07, 6.45) is 0. The van der Waals surface area contributed by atoms with Crippen LogP contribution >= 0.6 is 0 Å². The Morgan fingerprint density at radius 2 is 0.682 bits per heavy atom. The van der Waals surface area contributed by atoms with Gasteiger partial charge in [0.1, 0.15) is 0 Å². The average molecular weight is 840 g/mol. The molecule has 11 aromatic rings. The predicted octanol–water partition coefficient (Wildman–Crippen LogP) is 17.3. The van der Waals surface area contributed by atoms with Crippen molar-refractivity contribution >= 4 is 27.8 Å². The van der Waals surface area contributed by atoms with E-state index < -0.39 is 5.41 Å². The van der Waals surface area contributed by atoms with Crippen molar-refractivity contribution in [2.24, 2.45) is 0 Å². The van der Waals surface area contributed by atoms with Crippen LogP contribution in [0.25, 0.3) is 66.4 Å². The number of nitrogens with zero attached hydrogens (tertiary/aromatic N) is 1. The number of benzene rings is 11. The lowest BCUT2D eigenvalue weighted by atomic mass is 9.65. The minimum absolute atomic E-state index is 0.713. The Balaban J connectivity index is 1.17. The Bertz CT molecular complexity index is 3430. The predicted molar refractivity (Wildman–Crippen MR) is 278 cm³/mol. The molecule has 0 saturated heterocycles. The van der Waals surface area contributed by atoms with Gasteiger partial charge in [0.05, 0.1) is 11.1 Å². The summed E-state index contributed by atoms with van der Waals surface area (Å²) in [7, 11) is 0. The van der Waals surface area contributed by atoms with Crippen molar-refractivity contribution in [3.05, 3.63) is 295 Å². The quantitative estimate of drug-likeness (QED) is 0.140. The van der Waals surface area contributed by atoms with Crippen molar-refractivity contribution in [3.63, 3.8) is 0 Å². The third kappa shape index (κ3) is 6.56. The van der Waals surface area contributed by atoms with E-state index in [1.54, 1.807) is 0 Å². The van der Waals surface area contributed by atoms with E-state index in [4.69, 9.17) is 0 Å². The zero-order chi connectivity index (χ0) is 43.9. The molecule has 1 heteroatoms. The van der Waals surface area contributed by atoms with Gasteiger partial charge in [-0.2, -0.15) is 0 Å². The van der Waals surface area contributed by atoms with Crippen molar-refractivity contribution in [2.75, 3.05) is 4.90 Å². The van der Waals surface area contributed by atoms with Crippen molar-refractivity contribution in [1.82, 2.24) is 0 Å². The molecule has 0 bridgehead atoms. The molecule has 1 aliphatic carbocycles. The molecule has 0 unspecified atom stereocenters. The van der Waals surface area contributed by atoms with Crippen molar-refractivity contribution in [3.8, 4) is 55.6 Å². The van der Waals surface area contributed by atoms with E-state index in [1.165, 1.54) is 88.7 Å². The monoisotopic (exact) mass is 839 g/mol. The first-order valence-corrected chi connectivity index (χ1v) is 22.8. The molecular weight excluding hydrogens is 795 g/mol. The molecule has 310 valence electrons. The van der Waals surface area contributed by atoms with Gasteiger partial charge in [0.2, 0.25) is 0 Å². The molecule has 0 radical (unpaired) electrons. The molecule has 1 aliphatic rings. The van der Waals surface area contributed by atoms with E-state index in [9.17, 15) is 0 Å². The van der Waals surface area contributed by atoms with Gasteiger partial charge in [-0.25, -0.2) is 0 Å². The Morgan fingerprint density at radius 3 is 1.29 bits per heavy atom. The third-order valence-corrected chi connectivity index (χ3v) is 13.5. The van der Waals surface area contributed by atoms with Crippen LogP contribution < -0.4 is 4.90 Å². The second-order valence-corrected chi connectivity index (χ2v) is 17.2. The van der Waals surface area contributed by atoms with E-state index >= 15 is 0 Å². The van der Waals surface area contributed by atoms with Crippen LogP contribution in [0.15, 0.2) is 273 Å². The fourth-order valence-corrected chi connectivity index (χ4v) is 10.6. The third-order valence-electron chi connectivity index (χ3n) is 13.5. The number of hydrogen-bond donors (Lipinski definition) is 0. The largest absolute Gasteiger partial charge is 0.310 e. The molecule has 12 rings (SSSR count). The van der Waals surface area contributed by atoms with Crippen LogP contribution in [-0.4, -0.2) is 0 Å². The molecule has 0 aromatic heterocycles. The van der Waals surface area contributed by atoms with Crippen LogP contribution in [0.1, 0.15) is 22.3 Å². The van der Waals surface area contributed by atoms with Crippen LogP contribution in [0.4, 0.5) is 17.1 Å². The molecule has 66 heavy (non-hydrogen) atoms. The summed E-state index contributed by atoms with van der Waals surface area (Å²) in [6.45, 7) is 0. The van der Waals surface area contributed by atoms with Crippen LogP contribution in [0, 0.1) is 0 Å². The van der Waals surface area contributed by atoms with Crippen molar-refractivity contribution < 1.29 is 0 Å². The van der Waals surface area contributed by atoms with E-state index in [0.29, 0.717) is 0 Å². The van der Waals surface area contributed by atoms with E-state index in [0.717, 1.165) is 17.1 Å². The highest BCUT2D eigenvalue weighted by Crippen LogP contribution is 2.63. The molecular formula is C65H45N. The van der Waals surface area contributed by atoms with Crippen LogP contribution in [0.5, 0.6) is 0 Å². The van der Waals surface area contributed by atoms with Gasteiger partial charge in [-0.05, 0) is 126 Å². The van der Waals surface area contributed by atoms with Crippen molar-refractivity contribution in [2.45, 2.75) is 5.41 Å². The smallest absolute Gasteiger partial charge is 0.0740 e. The van der Waals surface area contributed by atoms with Gasteiger partial charge in [0, 0.05) is 16.9 Å². The SMILES string of the molecule is c1ccc(-c2ccc(N(c3ccc(-c4cccc5ccccc45)cc3)c3cccc4c3C(c3ccccc3)(c3ccccc3)c3c(-c5ccccc5)cc(-c5ccccc5)cc3-4)cc2)cc1. The molecule has 0 spiro atoms. The Kier molecular flexibility index (Phi) is 9.81. The first kappa shape index (κ1) is 39.1. The molecule has 0 N–H and O–H groups in total. The highest BCUT2D eigenvalue weighted by molar-refractivity contribution is 6.01. The van der Waals surface area contributed by atoms with Crippen LogP contribution in [0.3, 0.4) is 0 Å². The van der Waals surface area contributed by atoms with Gasteiger partial charge < -0.3 is 4.90 Å². The highest BCUT2D eigenvalue weighted by atomic mass is 15.1. The molecule has 0 aliphatic heterocycles. The normalized spacial score (nSPS) is 12.4. The summed E-state index contributed by atoms with van der Waals surface area (Å²) >= 11 is 0. The Hall–Kier alpha value is -8.52. The van der Waals surface area contributed by atoms with Crippen LogP contribution in [-0.2, 0) is 5.41 Å². The first-order valence-electron chi connectivity index (χ1n) is 22.8. The standard InChI is InChI=1S/C65H45N/c1-6-20-46(21-7-1)48-36-40-55(41-37-48)66(56-42-38-51(39-43-56)58-33-18-27-49-26-16-17-32-57(49)58)62-35-19-34-59-61-45-52(47-22-8-2-9-23-47)44-60(50-24-10-3-11-25-50)63(61)65(64(59)62,53-28-12-4-13-29-53)54-30-14-5-15-31-54/h1-45H. The molecule has 0 atom stereocenters. The summed E-state index contributed by atoms with van der Waals surface area (Å²) in [5.74, 6) is 0. The number of rotatable bonds is 9. The molecule has 0 amide bonds. The van der Waals surface area contributed by atoms with Crippen molar-refractivity contribution in [1.29, 1.82) is 0 Å². The molecule has 0 heterocycles. The molecule has 0 fully saturated rings. The summed E-state index contributed by atoms with van der Waals surface area (Å²) in [6, 6.07) is 100. The lowest BCUT2D eigenvalue weighted by molar-refractivity contribution is 0.770. The van der Waals surface area contributed by atoms with E-state index in [1.807, 2.05) is 0 Å². The fraction of sp³-hybridized carbons (Fsp3) is 0.0154. The van der Waals surface area contributed by atoms with Gasteiger partial charge in [0.25, 0.3) is 0 Å². The zero-order valence-electron chi connectivity index (χ0n) is 36.4. The summed E-state index contributed by atoms with van der Waals surface area (Å²) in [5, 5.41) is 2.49. The summed E-state index contributed by atoms with van der Waals surface area (Å²) in [4.78, 5) is 2.49. The number of anilines is 3. The maximum absolute atomic E-state index is 2.49. The van der Waals surface area contributed by atoms with Gasteiger partial charge >= 0.3 is 0 Å². The number of fused-ring (bicyclic) bond motifs is 4. The Morgan fingerprint density at radius 1 is 0.258 bits per heavy atom. The lowest BCUT2D eigenvalue weighted by Crippen LogP contribution is -2.31. The first-order chi connectivity index (χ1) is 32.8. The topological polar surface area (TPSA) is 3.24 Å². The van der Waals surface area contributed by atoms with E-state index in [2.05, 4.69) is 278 Å². The zero-order valence-corrected chi connectivity index (χ0v) is 36.4. The minimum Gasteiger partial charge on any atom is -0.310 e. The lowest BCUT2D eigenvalue weighted by Gasteiger charge is -2.39. The van der Waals surface area contributed by atoms with Gasteiger partial charge in [-0.3, -0.25) is 0 Å². The molecule has 0 saturated carbocycles. The maximum Gasteiger partial charge on any atom is 0.0740 e. The summed E-state index contributed by atoms with van der Waals surface area (Å²) < 4.78 is 0. The highest BCUT2D eigenvalue weighted by Gasteiger charge is 2.50. The Labute approximate surface area is 387 Å². The van der Waals surface area contributed by atoms with Crippen LogP contribution in [0.2, 0.25) is 0 Å². The summed E-state index contributed by atoms with van der Waals surface area (Å²) in [5.41, 5.74) is 19.6. The number of hydrogen-bond acceptors (Lipinski definition) is 1. The fourth-order valence-electron chi connectivity index (χ4n) is 10.6. The second kappa shape index (κ2) is 16.6. The average Bonchev–Trinajstić information content (AvgIpc) is 3.72. The second-order valence-electron chi connectivity index (χ2n) is 17.2. The molecule has 1 nitrogen and oxygen atoms in total. The van der Waals surface area contributed by atoms with Gasteiger partial charge in [0.15, 0.2) is 0 Å².